The number of rotatable bonds is 1. The Kier molecular flexibility index (Phi) is 2.80. The molecule has 11 heavy (non-hydrogen) atoms. The molecule has 1 rings (SSSR count). The summed E-state index contributed by atoms with van der Waals surface area (Å²) in [6.07, 6.45) is -2.78. The third kappa shape index (κ3) is 1.69. The van der Waals surface area contributed by atoms with E-state index in [1.807, 2.05) is 0 Å². The van der Waals surface area contributed by atoms with Crippen molar-refractivity contribution in [3.8, 4) is 0 Å². The second kappa shape index (κ2) is 3.46. The molecule has 4 atom stereocenters. The average molecular weight is 163 g/mol. The lowest BCUT2D eigenvalue weighted by Crippen LogP contribution is -2.57. The number of hydrogen-bond acceptors (Lipinski definition) is 5. The first-order valence-corrected chi connectivity index (χ1v) is 3.51. The van der Waals surface area contributed by atoms with E-state index in [4.69, 9.17) is 15.6 Å². The van der Waals surface area contributed by atoms with Crippen molar-refractivity contribution in [2.75, 3.05) is 13.2 Å². The minimum atomic E-state index is -1.08. The fourth-order valence-electron chi connectivity index (χ4n) is 1.07. The summed E-state index contributed by atoms with van der Waals surface area (Å²) in [7, 11) is 0. The molecule has 5 heteroatoms. The SMILES string of the molecule is N[C@H]1COC(CO)[C@@H](O)[C@@H]1O. The number of nitrogens with two attached hydrogens (primary N) is 1. The van der Waals surface area contributed by atoms with Crippen LogP contribution in [0.3, 0.4) is 0 Å². The summed E-state index contributed by atoms with van der Waals surface area (Å²) < 4.78 is 4.94. The van der Waals surface area contributed by atoms with E-state index in [2.05, 4.69) is 0 Å². The lowest BCUT2D eigenvalue weighted by molar-refractivity contribution is -0.156. The zero-order chi connectivity index (χ0) is 8.43. The molecular weight excluding hydrogens is 150 g/mol. The molecule has 5 N–H and O–H groups in total. The molecular formula is C6H13NO4. The molecule has 1 unspecified atom stereocenters. The molecule has 0 aromatic carbocycles. The van der Waals surface area contributed by atoms with E-state index >= 15 is 0 Å². The first-order chi connectivity index (χ1) is 5.16. The van der Waals surface area contributed by atoms with Gasteiger partial charge in [-0.1, -0.05) is 0 Å². The standard InChI is InChI=1S/C6H13NO4/c7-3-2-11-4(1-8)6(10)5(3)9/h3-6,8-10H,1-2,7H2/t3-,4?,5+,6+/m0/s1. The van der Waals surface area contributed by atoms with Crippen molar-refractivity contribution in [2.24, 2.45) is 5.73 Å². The number of aliphatic hydroxyl groups is 3. The Morgan fingerprint density at radius 3 is 2.55 bits per heavy atom. The molecule has 1 aliphatic heterocycles. The minimum Gasteiger partial charge on any atom is -0.394 e. The van der Waals surface area contributed by atoms with Gasteiger partial charge in [-0.2, -0.15) is 0 Å². The van der Waals surface area contributed by atoms with Gasteiger partial charge in [0.2, 0.25) is 0 Å². The number of aliphatic hydroxyl groups excluding tert-OH is 3. The van der Waals surface area contributed by atoms with Crippen LogP contribution in [0.15, 0.2) is 0 Å². The van der Waals surface area contributed by atoms with Gasteiger partial charge in [0.05, 0.1) is 25.4 Å². The highest BCUT2D eigenvalue weighted by Gasteiger charge is 2.35. The predicted molar refractivity (Wildman–Crippen MR) is 36.8 cm³/mol. The highest BCUT2D eigenvalue weighted by Crippen LogP contribution is 2.13. The summed E-state index contributed by atoms with van der Waals surface area (Å²) in [5, 5.41) is 27.0. The molecule has 1 fully saturated rings. The van der Waals surface area contributed by atoms with E-state index in [9.17, 15) is 10.2 Å². The molecule has 0 aliphatic carbocycles. The quantitative estimate of drug-likeness (QED) is 0.340. The zero-order valence-corrected chi connectivity index (χ0v) is 6.05. The van der Waals surface area contributed by atoms with E-state index in [1.54, 1.807) is 0 Å². The van der Waals surface area contributed by atoms with Gasteiger partial charge in [-0.25, -0.2) is 0 Å². The Labute approximate surface area is 64.4 Å². The van der Waals surface area contributed by atoms with Gasteiger partial charge in [0, 0.05) is 0 Å². The molecule has 0 bridgehead atoms. The second-order valence-corrected chi connectivity index (χ2v) is 2.70. The van der Waals surface area contributed by atoms with Crippen LogP contribution in [0.5, 0.6) is 0 Å². The Morgan fingerprint density at radius 2 is 2.00 bits per heavy atom. The van der Waals surface area contributed by atoms with Gasteiger partial charge in [0.25, 0.3) is 0 Å². The lowest BCUT2D eigenvalue weighted by Gasteiger charge is -2.34. The van der Waals surface area contributed by atoms with Crippen LogP contribution < -0.4 is 5.73 Å². The molecule has 1 aliphatic rings. The predicted octanol–water partition coefficient (Wildman–Crippen LogP) is -2.57. The summed E-state index contributed by atoms with van der Waals surface area (Å²) in [5.41, 5.74) is 5.37. The molecule has 0 saturated carbocycles. The first-order valence-electron chi connectivity index (χ1n) is 3.51. The van der Waals surface area contributed by atoms with Crippen molar-refractivity contribution in [1.82, 2.24) is 0 Å². The van der Waals surface area contributed by atoms with E-state index in [-0.39, 0.29) is 13.2 Å². The lowest BCUT2D eigenvalue weighted by atomic mass is 9.99. The molecule has 0 radical (unpaired) electrons. The van der Waals surface area contributed by atoms with Gasteiger partial charge in [-0.05, 0) is 0 Å². The molecule has 66 valence electrons. The number of ether oxygens (including phenoxy) is 1. The molecule has 0 spiro atoms. The maximum atomic E-state index is 9.19. The summed E-state index contributed by atoms with van der Waals surface area (Å²) in [6.45, 7) is -0.131. The third-order valence-corrected chi connectivity index (χ3v) is 1.85. The van der Waals surface area contributed by atoms with Crippen LogP contribution in [0.25, 0.3) is 0 Å². The highest BCUT2D eigenvalue weighted by atomic mass is 16.5. The van der Waals surface area contributed by atoms with Crippen LogP contribution in [0.1, 0.15) is 0 Å². The maximum absolute atomic E-state index is 9.19. The summed E-state index contributed by atoms with van der Waals surface area (Å²) in [4.78, 5) is 0. The Hall–Kier alpha value is -0.200. The summed E-state index contributed by atoms with van der Waals surface area (Å²) in [5.74, 6) is 0. The van der Waals surface area contributed by atoms with Crippen LogP contribution >= 0.6 is 0 Å². The molecule has 5 nitrogen and oxygen atoms in total. The van der Waals surface area contributed by atoms with Crippen LogP contribution in [-0.2, 0) is 4.74 Å². The topological polar surface area (TPSA) is 95.9 Å². The van der Waals surface area contributed by atoms with Gasteiger partial charge in [0.15, 0.2) is 0 Å². The van der Waals surface area contributed by atoms with E-state index in [0.29, 0.717) is 0 Å². The third-order valence-electron chi connectivity index (χ3n) is 1.85. The monoisotopic (exact) mass is 163 g/mol. The van der Waals surface area contributed by atoms with Crippen molar-refractivity contribution in [2.45, 2.75) is 24.4 Å². The van der Waals surface area contributed by atoms with Crippen molar-refractivity contribution in [3.05, 3.63) is 0 Å². The van der Waals surface area contributed by atoms with E-state index in [1.165, 1.54) is 0 Å². The number of hydrogen-bond donors (Lipinski definition) is 4. The van der Waals surface area contributed by atoms with E-state index < -0.39 is 24.4 Å². The molecule has 0 amide bonds. The van der Waals surface area contributed by atoms with Crippen LogP contribution in [0.2, 0.25) is 0 Å². The van der Waals surface area contributed by atoms with Crippen LogP contribution in [0.4, 0.5) is 0 Å². The van der Waals surface area contributed by atoms with Crippen LogP contribution in [-0.4, -0.2) is 52.9 Å². The Morgan fingerprint density at radius 1 is 1.36 bits per heavy atom. The van der Waals surface area contributed by atoms with Crippen molar-refractivity contribution < 1.29 is 20.1 Å². The van der Waals surface area contributed by atoms with Gasteiger partial charge < -0.3 is 25.8 Å². The summed E-state index contributed by atoms with van der Waals surface area (Å²) in [6, 6.07) is -0.562. The largest absolute Gasteiger partial charge is 0.394 e. The van der Waals surface area contributed by atoms with Crippen LogP contribution in [0, 0.1) is 0 Å². The summed E-state index contributed by atoms with van der Waals surface area (Å²) >= 11 is 0. The highest BCUT2D eigenvalue weighted by molar-refractivity contribution is 4.88. The van der Waals surface area contributed by atoms with Gasteiger partial charge in [0.1, 0.15) is 12.2 Å². The second-order valence-electron chi connectivity index (χ2n) is 2.70. The minimum absolute atomic E-state index is 0.170. The molecule has 0 aromatic heterocycles. The zero-order valence-electron chi connectivity index (χ0n) is 6.05. The Balaban J connectivity index is 2.52. The smallest absolute Gasteiger partial charge is 0.110 e. The molecule has 0 aromatic rings. The fourth-order valence-corrected chi connectivity index (χ4v) is 1.07. The van der Waals surface area contributed by atoms with Gasteiger partial charge in [-0.15, -0.1) is 0 Å². The Bertz CT molecular complexity index is 130. The first kappa shape index (κ1) is 8.89. The average Bonchev–Trinajstić information content (AvgIpc) is 2.01. The van der Waals surface area contributed by atoms with E-state index in [0.717, 1.165) is 0 Å². The fraction of sp³-hybridized carbons (Fsp3) is 1.00. The normalized spacial score (nSPS) is 45.8. The maximum Gasteiger partial charge on any atom is 0.110 e. The van der Waals surface area contributed by atoms with Crippen molar-refractivity contribution in [1.29, 1.82) is 0 Å². The molecule has 1 saturated heterocycles. The van der Waals surface area contributed by atoms with Crippen molar-refractivity contribution in [3.63, 3.8) is 0 Å². The molecule has 1 heterocycles. The van der Waals surface area contributed by atoms with Gasteiger partial charge >= 0.3 is 0 Å². The van der Waals surface area contributed by atoms with Crippen molar-refractivity contribution >= 4 is 0 Å². The van der Waals surface area contributed by atoms with Gasteiger partial charge in [-0.3, -0.25) is 0 Å².